The highest BCUT2D eigenvalue weighted by atomic mass is 16.5. The van der Waals surface area contributed by atoms with Crippen LogP contribution in [0, 0.1) is 0 Å². The third kappa shape index (κ3) is 5.18. The van der Waals surface area contributed by atoms with Crippen molar-refractivity contribution in [3.8, 4) is 22.8 Å². The molecule has 0 aliphatic carbocycles. The Hall–Kier alpha value is -4.18. The summed E-state index contributed by atoms with van der Waals surface area (Å²) in [6.07, 6.45) is 5.21. The number of primary amides is 1. The maximum absolute atomic E-state index is 11.1. The van der Waals surface area contributed by atoms with Crippen LogP contribution in [0.2, 0.25) is 0 Å². The number of carbonyl (C=O) groups is 1. The lowest BCUT2D eigenvalue weighted by atomic mass is 10.2. The van der Waals surface area contributed by atoms with Crippen LogP contribution in [0.3, 0.4) is 0 Å². The lowest BCUT2D eigenvalue weighted by Crippen LogP contribution is -2.34. The lowest BCUT2D eigenvalue weighted by Gasteiger charge is -2.26. The van der Waals surface area contributed by atoms with Crippen LogP contribution in [0.15, 0.2) is 55.0 Å². The molecular formula is C23H25N7O3. The first kappa shape index (κ1) is 22.0. The minimum Gasteiger partial charge on any atom is -0.497 e. The Morgan fingerprint density at radius 1 is 1.06 bits per heavy atom. The summed E-state index contributed by atoms with van der Waals surface area (Å²) in [6, 6.07) is 11.6. The zero-order valence-electron chi connectivity index (χ0n) is 18.4. The Balaban J connectivity index is 1.73. The Labute approximate surface area is 190 Å². The van der Waals surface area contributed by atoms with Crippen molar-refractivity contribution >= 4 is 28.3 Å². The van der Waals surface area contributed by atoms with Gasteiger partial charge in [0, 0.05) is 54.4 Å². The molecule has 1 amide bonds. The summed E-state index contributed by atoms with van der Waals surface area (Å²) in [4.78, 5) is 22.5. The van der Waals surface area contributed by atoms with Crippen LogP contribution in [-0.2, 0) is 4.79 Å². The molecule has 0 aliphatic heterocycles. The largest absolute Gasteiger partial charge is 0.497 e. The fraction of sp³-hybridized carbons (Fsp3) is 0.217. The Morgan fingerprint density at radius 2 is 1.85 bits per heavy atom. The number of methoxy groups -OCH3 is 2. The van der Waals surface area contributed by atoms with Crippen molar-refractivity contribution in [3.05, 3.63) is 55.0 Å². The number of H-pyrrole nitrogens is 1. The van der Waals surface area contributed by atoms with Gasteiger partial charge in [-0.05, 0) is 18.2 Å². The van der Waals surface area contributed by atoms with Crippen LogP contribution in [0.25, 0.3) is 22.3 Å². The number of benzene rings is 2. The van der Waals surface area contributed by atoms with E-state index in [-0.39, 0.29) is 6.54 Å². The molecule has 170 valence electrons. The van der Waals surface area contributed by atoms with E-state index >= 15 is 0 Å². The van der Waals surface area contributed by atoms with Gasteiger partial charge in [-0.15, -0.1) is 0 Å². The van der Waals surface area contributed by atoms with Crippen molar-refractivity contribution in [1.82, 2.24) is 25.5 Å². The van der Waals surface area contributed by atoms with Gasteiger partial charge in [-0.3, -0.25) is 14.9 Å². The summed E-state index contributed by atoms with van der Waals surface area (Å²) in [5.74, 6) is 0.932. The Kier molecular flexibility index (Phi) is 6.65. The van der Waals surface area contributed by atoms with Gasteiger partial charge in [0.2, 0.25) is 5.91 Å². The van der Waals surface area contributed by atoms with E-state index < -0.39 is 5.91 Å². The Bertz CT molecular complexity index is 1220. The quantitative estimate of drug-likeness (QED) is 0.316. The van der Waals surface area contributed by atoms with E-state index in [9.17, 15) is 4.79 Å². The van der Waals surface area contributed by atoms with Gasteiger partial charge < -0.3 is 25.4 Å². The normalized spacial score (nSPS) is 10.8. The van der Waals surface area contributed by atoms with Crippen LogP contribution >= 0.6 is 0 Å². The zero-order valence-corrected chi connectivity index (χ0v) is 18.4. The molecule has 0 bridgehead atoms. The predicted octanol–water partition coefficient (Wildman–Crippen LogP) is 2.25. The first-order valence-corrected chi connectivity index (χ1v) is 10.3. The first-order valence-electron chi connectivity index (χ1n) is 10.3. The van der Waals surface area contributed by atoms with Gasteiger partial charge in [-0.1, -0.05) is 0 Å². The number of nitrogens with zero attached hydrogens (tertiary/aromatic N) is 4. The van der Waals surface area contributed by atoms with Gasteiger partial charge >= 0.3 is 0 Å². The fourth-order valence-electron chi connectivity index (χ4n) is 3.46. The summed E-state index contributed by atoms with van der Waals surface area (Å²) in [7, 11) is 3.22. The molecule has 2 aromatic heterocycles. The second kappa shape index (κ2) is 9.96. The molecule has 2 aromatic carbocycles. The SMILES string of the molecule is COc1cc(OC)cc(N(CCNCC(N)=O)c2ccc3ncc(-c4cn[nH]c4)nc3c2)c1. The van der Waals surface area contributed by atoms with Gasteiger partial charge in [0.1, 0.15) is 11.5 Å². The number of nitrogens with one attached hydrogen (secondary N) is 2. The van der Waals surface area contributed by atoms with E-state index in [0.29, 0.717) is 24.6 Å². The van der Waals surface area contributed by atoms with Crippen LogP contribution in [-0.4, -0.2) is 59.9 Å². The first-order chi connectivity index (χ1) is 16.1. The summed E-state index contributed by atoms with van der Waals surface area (Å²) in [5.41, 5.74) is 10.1. The average molecular weight is 447 g/mol. The maximum atomic E-state index is 11.1. The number of ether oxygens (including phenoxy) is 2. The van der Waals surface area contributed by atoms with Crippen molar-refractivity contribution in [2.45, 2.75) is 0 Å². The zero-order chi connectivity index (χ0) is 23.2. The van der Waals surface area contributed by atoms with Crippen LogP contribution in [0.1, 0.15) is 0 Å². The fourth-order valence-corrected chi connectivity index (χ4v) is 3.46. The van der Waals surface area contributed by atoms with Crippen LogP contribution in [0.5, 0.6) is 11.5 Å². The van der Waals surface area contributed by atoms with E-state index in [0.717, 1.165) is 33.7 Å². The molecule has 0 radical (unpaired) electrons. The second-order valence-corrected chi connectivity index (χ2v) is 7.28. The van der Waals surface area contributed by atoms with Gasteiger partial charge in [-0.25, -0.2) is 4.98 Å². The van der Waals surface area contributed by atoms with E-state index in [1.54, 1.807) is 32.8 Å². The molecule has 0 saturated heterocycles. The minimum absolute atomic E-state index is 0.104. The molecule has 4 N–H and O–H groups in total. The molecule has 0 atom stereocenters. The topological polar surface area (TPSA) is 131 Å². The molecule has 4 rings (SSSR count). The molecule has 0 spiro atoms. The second-order valence-electron chi connectivity index (χ2n) is 7.28. The summed E-state index contributed by atoms with van der Waals surface area (Å²) >= 11 is 0. The number of rotatable bonds is 10. The number of aromatic amines is 1. The molecule has 0 fully saturated rings. The third-order valence-electron chi connectivity index (χ3n) is 5.09. The number of nitrogens with two attached hydrogens (primary N) is 1. The molecule has 2 heterocycles. The average Bonchev–Trinajstić information content (AvgIpc) is 3.38. The van der Waals surface area contributed by atoms with E-state index in [1.165, 1.54) is 0 Å². The maximum Gasteiger partial charge on any atom is 0.231 e. The van der Waals surface area contributed by atoms with E-state index in [2.05, 4.69) is 25.4 Å². The van der Waals surface area contributed by atoms with Gasteiger partial charge in [0.05, 0.1) is 49.9 Å². The number of aromatic nitrogens is 4. The summed E-state index contributed by atoms with van der Waals surface area (Å²) in [6.45, 7) is 1.19. The number of hydrogen-bond donors (Lipinski definition) is 3. The van der Waals surface area contributed by atoms with Crippen LogP contribution in [0.4, 0.5) is 11.4 Å². The Morgan fingerprint density at radius 3 is 2.52 bits per heavy atom. The molecule has 10 nitrogen and oxygen atoms in total. The highest BCUT2D eigenvalue weighted by Crippen LogP contribution is 2.33. The van der Waals surface area contributed by atoms with Gasteiger partial charge in [0.25, 0.3) is 0 Å². The molecule has 33 heavy (non-hydrogen) atoms. The van der Waals surface area contributed by atoms with Crippen molar-refractivity contribution < 1.29 is 14.3 Å². The molecule has 4 aromatic rings. The molecular weight excluding hydrogens is 422 g/mol. The van der Waals surface area contributed by atoms with Crippen LogP contribution < -0.4 is 25.4 Å². The number of amides is 1. The molecule has 10 heteroatoms. The van der Waals surface area contributed by atoms with E-state index in [4.69, 9.17) is 20.2 Å². The standard InChI is InChI=1S/C23H25N7O3/c1-32-18-7-17(8-19(10-18)33-2)30(6-5-25-14-23(24)31)16-3-4-20-21(9-16)29-22(13-26-20)15-11-27-28-12-15/h3-4,7-13,25H,5-6,14H2,1-2H3,(H2,24,31)(H,27,28). The van der Waals surface area contributed by atoms with Crippen molar-refractivity contribution in [2.24, 2.45) is 5.73 Å². The van der Waals surface area contributed by atoms with E-state index in [1.807, 2.05) is 36.4 Å². The number of fused-ring (bicyclic) bond motifs is 1. The lowest BCUT2D eigenvalue weighted by molar-refractivity contribution is -0.117. The van der Waals surface area contributed by atoms with Crippen molar-refractivity contribution in [3.63, 3.8) is 0 Å². The van der Waals surface area contributed by atoms with Gasteiger partial charge in [0.15, 0.2) is 0 Å². The summed E-state index contributed by atoms with van der Waals surface area (Å²) < 4.78 is 10.9. The smallest absolute Gasteiger partial charge is 0.231 e. The highest BCUT2D eigenvalue weighted by molar-refractivity contribution is 5.82. The molecule has 0 saturated carbocycles. The van der Waals surface area contributed by atoms with Crippen molar-refractivity contribution in [2.75, 3.05) is 38.8 Å². The third-order valence-corrected chi connectivity index (χ3v) is 5.09. The predicted molar refractivity (Wildman–Crippen MR) is 126 cm³/mol. The van der Waals surface area contributed by atoms with Gasteiger partial charge in [-0.2, -0.15) is 5.10 Å². The number of carbonyl (C=O) groups excluding carboxylic acids is 1. The summed E-state index contributed by atoms with van der Waals surface area (Å²) in [5, 5.41) is 9.84. The van der Waals surface area contributed by atoms with Crippen molar-refractivity contribution in [1.29, 1.82) is 0 Å². The highest BCUT2D eigenvalue weighted by Gasteiger charge is 2.14. The monoisotopic (exact) mass is 447 g/mol. The number of hydrogen-bond acceptors (Lipinski definition) is 8. The molecule has 0 unspecified atom stereocenters. The molecule has 0 aliphatic rings. The minimum atomic E-state index is -0.405. The number of anilines is 2.